The van der Waals surface area contributed by atoms with Crippen molar-refractivity contribution in [1.82, 2.24) is 9.97 Å². The Kier molecular flexibility index (Phi) is 4.42. The molecular weight excluding hydrogens is 334 g/mol. The zero-order chi connectivity index (χ0) is 18.1. The van der Waals surface area contributed by atoms with Gasteiger partial charge in [-0.1, -0.05) is 6.07 Å². The van der Waals surface area contributed by atoms with E-state index in [-0.39, 0.29) is 23.3 Å². The van der Waals surface area contributed by atoms with Gasteiger partial charge in [0.15, 0.2) is 0 Å². The standard InChI is InChI=1S/C18H21N5O3/c24-11-16-2-1-6-22(16)18-9-17(19-12-20-18)21-7-5-13-3-4-15(23(25)26)8-14(13)10-21/h3-4,8-9,12,16,24H,1-2,5-7,10-11H2. The molecule has 1 atom stereocenters. The first-order valence-corrected chi connectivity index (χ1v) is 8.86. The zero-order valence-electron chi connectivity index (χ0n) is 14.4. The fraction of sp³-hybridized carbons (Fsp3) is 0.444. The summed E-state index contributed by atoms with van der Waals surface area (Å²) < 4.78 is 0. The van der Waals surface area contributed by atoms with Crippen molar-refractivity contribution in [2.45, 2.75) is 31.8 Å². The lowest BCUT2D eigenvalue weighted by Crippen LogP contribution is -2.34. The molecule has 4 rings (SSSR count). The monoisotopic (exact) mass is 355 g/mol. The number of anilines is 2. The van der Waals surface area contributed by atoms with E-state index in [1.807, 2.05) is 12.1 Å². The van der Waals surface area contributed by atoms with Crippen LogP contribution in [0.25, 0.3) is 0 Å². The number of nitrogens with zero attached hydrogens (tertiary/aromatic N) is 5. The highest BCUT2D eigenvalue weighted by Gasteiger charge is 2.26. The summed E-state index contributed by atoms with van der Waals surface area (Å²) >= 11 is 0. The van der Waals surface area contributed by atoms with Crippen molar-refractivity contribution in [2.24, 2.45) is 0 Å². The molecule has 0 radical (unpaired) electrons. The van der Waals surface area contributed by atoms with Crippen LogP contribution in [0.15, 0.2) is 30.6 Å². The third kappa shape index (κ3) is 3.08. The van der Waals surface area contributed by atoms with Crippen molar-refractivity contribution in [3.05, 3.63) is 51.8 Å². The average molecular weight is 355 g/mol. The Bertz CT molecular complexity index is 828. The van der Waals surface area contributed by atoms with Crippen molar-refractivity contribution in [2.75, 3.05) is 29.5 Å². The summed E-state index contributed by atoms with van der Waals surface area (Å²) in [6, 6.07) is 7.15. The number of hydrogen-bond donors (Lipinski definition) is 1. The maximum Gasteiger partial charge on any atom is 0.269 e. The van der Waals surface area contributed by atoms with Crippen LogP contribution in [0, 0.1) is 10.1 Å². The highest BCUT2D eigenvalue weighted by Crippen LogP contribution is 2.29. The lowest BCUT2D eigenvalue weighted by atomic mass is 9.99. The van der Waals surface area contributed by atoms with E-state index in [4.69, 9.17) is 0 Å². The van der Waals surface area contributed by atoms with Crippen LogP contribution in [0.3, 0.4) is 0 Å². The Morgan fingerprint density at radius 2 is 2.04 bits per heavy atom. The normalized spacial score (nSPS) is 19.5. The number of aliphatic hydroxyl groups is 1. The molecule has 2 aromatic rings. The molecule has 1 aromatic carbocycles. The van der Waals surface area contributed by atoms with Gasteiger partial charge in [-0.05, 0) is 30.4 Å². The molecule has 0 saturated carbocycles. The molecule has 0 amide bonds. The number of fused-ring (bicyclic) bond motifs is 1. The lowest BCUT2D eigenvalue weighted by Gasteiger charge is -2.31. The van der Waals surface area contributed by atoms with Crippen LogP contribution in [0.5, 0.6) is 0 Å². The first-order valence-electron chi connectivity index (χ1n) is 8.86. The van der Waals surface area contributed by atoms with Crippen LogP contribution >= 0.6 is 0 Å². The topological polar surface area (TPSA) is 95.6 Å². The summed E-state index contributed by atoms with van der Waals surface area (Å²) in [5, 5.41) is 20.6. The van der Waals surface area contributed by atoms with Crippen LogP contribution in [-0.4, -0.2) is 45.7 Å². The molecular formula is C18H21N5O3. The second-order valence-electron chi connectivity index (χ2n) is 6.79. The number of hydrogen-bond acceptors (Lipinski definition) is 7. The van der Waals surface area contributed by atoms with Crippen LogP contribution in [0.4, 0.5) is 17.3 Å². The van der Waals surface area contributed by atoms with Crippen molar-refractivity contribution < 1.29 is 10.0 Å². The van der Waals surface area contributed by atoms with Gasteiger partial charge in [0.25, 0.3) is 5.69 Å². The third-order valence-corrected chi connectivity index (χ3v) is 5.26. The number of aliphatic hydroxyl groups excluding tert-OH is 1. The molecule has 2 aliphatic rings. The van der Waals surface area contributed by atoms with Crippen LogP contribution in [0.1, 0.15) is 24.0 Å². The summed E-state index contributed by atoms with van der Waals surface area (Å²) in [7, 11) is 0. The van der Waals surface area contributed by atoms with E-state index in [1.54, 1.807) is 18.5 Å². The minimum atomic E-state index is -0.357. The average Bonchev–Trinajstić information content (AvgIpc) is 3.16. The number of benzene rings is 1. The second-order valence-corrected chi connectivity index (χ2v) is 6.79. The van der Waals surface area contributed by atoms with Crippen LogP contribution in [0.2, 0.25) is 0 Å². The quantitative estimate of drug-likeness (QED) is 0.661. The molecule has 0 aliphatic carbocycles. The first-order chi connectivity index (χ1) is 12.7. The molecule has 1 fully saturated rings. The minimum Gasteiger partial charge on any atom is -0.394 e. The number of aromatic nitrogens is 2. The second kappa shape index (κ2) is 6.87. The summed E-state index contributed by atoms with van der Waals surface area (Å²) in [5.74, 6) is 1.65. The van der Waals surface area contributed by atoms with Gasteiger partial charge in [-0.15, -0.1) is 0 Å². The van der Waals surface area contributed by atoms with E-state index in [0.29, 0.717) is 6.54 Å². The highest BCUT2D eigenvalue weighted by atomic mass is 16.6. The van der Waals surface area contributed by atoms with E-state index in [9.17, 15) is 15.2 Å². The van der Waals surface area contributed by atoms with Gasteiger partial charge in [0.1, 0.15) is 18.0 Å². The molecule has 136 valence electrons. The van der Waals surface area contributed by atoms with Gasteiger partial charge in [0, 0.05) is 37.8 Å². The van der Waals surface area contributed by atoms with Gasteiger partial charge in [-0.3, -0.25) is 10.1 Å². The van der Waals surface area contributed by atoms with Gasteiger partial charge in [-0.25, -0.2) is 9.97 Å². The van der Waals surface area contributed by atoms with Crippen LogP contribution < -0.4 is 9.80 Å². The fourth-order valence-electron chi connectivity index (χ4n) is 3.85. The summed E-state index contributed by atoms with van der Waals surface area (Å²) in [5.41, 5.74) is 2.25. The SMILES string of the molecule is O=[N+]([O-])c1ccc2c(c1)CN(c1cc(N3CCCC3CO)ncn1)CC2. The van der Waals surface area contributed by atoms with Crippen molar-refractivity contribution in [1.29, 1.82) is 0 Å². The number of nitro benzene ring substituents is 1. The molecule has 2 aliphatic heterocycles. The first kappa shape index (κ1) is 16.7. The maximum absolute atomic E-state index is 11.0. The summed E-state index contributed by atoms with van der Waals surface area (Å²) in [6.45, 7) is 2.42. The third-order valence-electron chi connectivity index (χ3n) is 5.26. The van der Waals surface area contributed by atoms with E-state index in [2.05, 4.69) is 19.8 Å². The maximum atomic E-state index is 11.0. The van der Waals surface area contributed by atoms with Gasteiger partial charge in [0.2, 0.25) is 0 Å². The van der Waals surface area contributed by atoms with Gasteiger partial charge >= 0.3 is 0 Å². The van der Waals surface area contributed by atoms with Gasteiger partial charge in [-0.2, -0.15) is 0 Å². The van der Waals surface area contributed by atoms with Crippen LogP contribution in [-0.2, 0) is 13.0 Å². The smallest absolute Gasteiger partial charge is 0.269 e. The van der Waals surface area contributed by atoms with Gasteiger partial charge in [0.05, 0.1) is 17.6 Å². The molecule has 1 saturated heterocycles. The molecule has 0 spiro atoms. The molecule has 26 heavy (non-hydrogen) atoms. The largest absolute Gasteiger partial charge is 0.394 e. The summed E-state index contributed by atoms with van der Waals surface area (Å²) in [4.78, 5) is 23.7. The van der Waals surface area contributed by atoms with E-state index in [1.165, 1.54) is 0 Å². The number of rotatable bonds is 4. The molecule has 8 heteroatoms. The van der Waals surface area contributed by atoms with Gasteiger partial charge < -0.3 is 14.9 Å². The van der Waals surface area contributed by atoms with Crippen molar-refractivity contribution >= 4 is 17.3 Å². The number of non-ortho nitro benzene ring substituents is 1. The Balaban J connectivity index is 1.58. The molecule has 1 N–H and O–H groups in total. The van der Waals surface area contributed by atoms with E-state index < -0.39 is 0 Å². The van der Waals surface area contributed by atoms with E-state index in [0.717, 1.165) is 55.1 Å². The number of nitro groups is 1. The zero-order valence-corrected chi connectivity index (χ0v) is 14.4. The Hall–Kier alpha value is -2.74. The predicted molar refractivity (Wildman–Crippen MR) is 97.3 cm³/mol. The minimum absolute atomic E-state index is 0.113. The Morgan fingerprint density at radius 1 is 1.19 bits per heavy atom. The fourth-order valence-corrected chi connectivity index (χ4v) is 3.85. The van der Waals surface area contributed by atoms with Crippen molar-refractivity contribution in [3.63, 3.8) is 0 Å². The lowest BCUT2D eigenvalue weighted by molar-refractivity contribution is -0.384. The molecule has 3 heterocycles. The summed E-state index contributed by atoms with van der Waals surface area (Å²) in [6.07, 6.45) is 4.40. The molecule has 1 unspecified atom stereocenters. The Morgan fingerprint density at radius 3 is 2.85 bits per heavy atom. The molecule has 0 bridgehead atoms. The molecule has 8 nitrogen and oxygen atoms in total. The highest BCUT2D eigenvalue weighted by molar-refractivity contribution is 5.53. The molecule has 1 aromatic heterocycles. The predicted octanol–water partition coefficient (Wildman–Crippen LogP) is 1.91. The van der Waals surface area contributed by atoms with E-state index >= 15 is 0 Å². The van der Waals surface area contributed by atoms with Crippen molar-refractivity contribution in [3.8, 4) is 0 Å². The Labute approximate surface area is 151 Å².